The van der Waals surface area contributed by atoms with Crippen molar-refractivity contribution in [2.45, 2.75) is 13.8 Å². The van der Waals surface area contributed by atoms with Gasteiger partial charge in [-0.15, -0.1) is 0 Å². The van der Waals surface area contributed by atoms with Gasteiger partial charge in [0.2, 0.25) is 0 Å². The average Bonchev–Trinajstić information content (AvgIpc) is 3.20. The van der Waals surface area contributed by atoms with Gasteiger partial charge in [-0.1, -0.05) is 6.07 Å². The number of morpholine rings is 1. The summed E-state index contributed by atoms with van der Waals surface area (Å²) in [5, 5.41) is 3.58. The van der Waals surface area contributed by atoms with Crippen molar-refractivity contribution in [1.82, 2.24) is 24.3 Å². The molecule has 0 bridgehead atoms. The lowest BCUT2D eigenvalue weighted by Crippen LogP contribution is -2.39. The van der Waals surface area contributed by atoms with Gasteiger partial charge in [-0.25, -0.2) is 9.97 Å². The second-order valence-electron chi connectivity index (χ2n) is 6.50. The van der Waals surface area contributed by atoms with Gasteiger partial charge in [0.1, 0.15) is 28.7 Å². The van der Waals surface area contributed by atoms with E-state index in [1.807, 2.05) is 19.2 Å². The first-order chi connectivity index (χ1) is 12.2. The molecule has 3 aromatic heterocycles. The quantitative estimate of drug-likeness (QED) is 0.744. The Bertz CT molecular complexity index is 862. The molecule has 0 radical (unpaired) electrons. The molecule has 7 nitrogen and oxygen atoms in total. The Kier molecular flexibility index (Phi) is 4.42. The van der Waals surface area contributed by atoms with Gasteiger partial charge in [-0.3, -0.25) is 9.30 Å². The van der Waals surface area contributed by atoms with Crippen LogP contribution in [0.25, 0.3) is 17.0 Å². The van der Waals surface area contributed by atoms with E-state index in [2.05, 4.69) is 43.8 Å². The molecule has 1 aliphatic rings. The van der Waals surface area contributed by atoms with E-state index in [9.17, 15) is 0 Å². The summed E-state index contributed by atoms with van der Waals surface area (Å²) in [6.45, 7) is 9.54. The highest BCUT2D eigenvalue weighted by Gasteiger charge is 2.17. The van der Waals surface area contributed by atoms with E-state index >= 15 is 0 Å². The number of pyridine rings is 1. The van der Waals surface area contributed by atoms with E-state index in [0.717, 1.165) is 68.1 Å². The Morgan fingerprint density at radius 1 is 1.20 bits per heavy atom. The SMILES string of the molecule is Cc1ccc2nc(-c3c[nH]c(C)n3)c(NCCN3CCOCC3)n2c1. The van der Waals surface area contributed by atoms with Gasteiger partial charge in [-0.2, -0.15) is 0 Å². The molecule has 1 saturated heterocycles. The smallest absolute Gasteiger partial charge is 0.140 e. The highest BCUT2D eigenvalue weighted by Crippen LogP contribution is 2.27. The van der Waals surface area contributed by atoms with Gasteiger partial charge in [-0.05, 0) is 25.5 Å². The van der Waals surface area contributed by atoms with E-state index in [1.54, 1.807) is 0 Å². The molecule has 1 aliphatic heterocycles. The summed E-state index contributed by atoms with van der Waals surface area (Å²) in [6.07, 6.45) is 4.03. The monoisotopic (exact) mass is 340 g/mol. The van der Waals surface area contributed by atoms with E-state index in [4.69, 9.17) is 9.72 Å². The van der Waals surface area contributed by atoms with Crippen molar-refractivity contribution >= 4 is 11.5 Å². The molecule has 0 aromatic carbocycles. The summed E-state index contributed by atoms with van der Waals surface area (Å²) in [4.78, 5) is 14.9. The van der Waals surface area contributed by atoms with Gasteiger partial charge in [0.05, 0.1) is 13.2 Å². The summed E-state index contributed by atoms with van der Waals surface area (Å²) in [5.41, 5.74) is 3.88. The van der Waals surface area contributed by atoms with Crippen molar-refractivity contribution in [2.75, 3.05) is 44.7 Å². The predicted octanol–water partition coefficient (Wildman–Crippen LogP) is 2.09. The molecule has 0 atom stereocenters. The molecule has 2 N–H and O–H groups in total. The number of hydrogen-bond acceptors (Lipinski definition) is 5. The summed E-state index contributed by atoms with van der Waals surface area (Å²) < 4.78 is 7.53. The Morgan fingerprint density at radius 3 is 2.80 bits per heavy atom. The summed E-state index contributed by atoms with van der Waals surface area (Å²) in [7, 11) is 0. The van der Waals surface area contributed by atoms with Crippen molar-refractivity contribution < 1.29 is 4.74 Å². The maximum atomic E-state index is 5.41. The number of H-pyrrole nitrogens is 1. The zero-order valence-electron chi connectivity index (χ0n) is 14.7. The van der Waals surface area contributed by atoms with Gasteiger partial charge < -0.3 is 15.0 Å². The lowest BCUT2D eigenvalue weighted by molar-refractivity contribution is 0.0398. The Morgan fingerprint density at radius 2 is 2.04 bits per heavy atom. The van der Waals surface area contributed by atoms with Crippen molar-refractivity contribution in [2.24, 2.45) is 0 Å². The van der Waals surface area contributed by atoms with Crippen LogP contribution < -0.4 is 5.32 Å². The predicted molar refractivity (Wildman–Crippen MR) is 98.0 cm³/mol. The summed E-state index contributed by atoms with van der Waals surface area (Å²) in [5.74, 6) is 1.89. The van der Waals surface area contributed by atoms with Gasteiger partial charge in [0, 0.05) is 38.6 Å². The van der Waals surface area contributed by atoms with Crippen molar-refractivity contribution in [1.29, 1.82) is 0 Å². The van der Waals surface area contributed by atoms with Crippen molar-refractivity contribution in [3.8, 4) is 11.4 Å². The number of rotatable bonds is 5. The first-order valence-electron chi connectivity index (χ1n) is 8.76. The number of hydrogen-bond donors (Lipinski definition) is 2. The van der Waals surface area contributed by atoms with Crippen molar-refractivity contribution in [3.05, 3.63) is 35.9 Å². The highest BCUT2D eigenvalue weighted by atomic mass is 16.5. The van der Waals surface area contributed by atoms with Gasteiger partial charge in [0.25, 0.3) is 0 Å². The van der Waals surface area contributed by atoms with Crippen LogP contribution in [0.2, 0.25) is 0 Å². The molecule has 0 saturated carbocycles. The fourth-order valence-corrected chi connectivity index (χ4v) is 3.19. The van der Waals surface area contributed by atoms with E-state index in [1.165, 1.54) is 5.56 Å². The average molecular weight is 340 g/mol. The number of aromatic amines is 1. The maximum Gasteiger partial charge on any atom is 0.140 e. The summed E-state index contributed by atoms with van der Waals surface area (Å²) in [6, 6.07) is 4.13. The number of anilines is 1. The van der Waals surface area contributed by atoms with Crippen LogP contribution in [0.5, 0.6) is 0 Å². The number of ether oxygens (including phenoxy) is 1. The normalized spacial score (nSPS) is 15.8. The molecule has 3 aromatic rings. The molecule has 1 fully saturated rings. The minimum atomic E-state index is 0.826. The van der Waals surface area contributed by atoms with E-state index in [-0.39, 0.29) is 0 Å². The molecule has 7 heteroatoms. The third kappa shape index (κ3) is 3.38. The first-order valence-corrected chi connectivity index (χ1v) is 8.76. The van der Waals surface area contributed by atoms with E-state index < -0.39 is 0 Å². The van der Waals surface area contributed by atoms with Crippen LogP contribution in [-0.4, -0.2) is 63.6 Å². The molecule has 4 heterocycles. The number of nitrogens with one attached hydrogen (secondary N) is 2. The largest absolute Gasteiger partial charge is 0.379 e. The Hall–Kier alpha value is -2.38. The van der Waals surface area contributed by atoms with Crippen LogP contribution in [-0.2, 0) is 4.74 Å². The van der Waals surface area contributed by atoms with Crippen LogP contribution in [0.1, 0.15) is 11.4 Å². The third-order valence-electron chi connectivity index (χ3n) is 4.54. The topological polar surface area (TPSA) is 70.5 Å². The minimum Gasteiger partial charge on any atom is -0.379 e. The van der Waals surface area contributed by atoms with Crippen LogP contribution in [0.3, 0.4) is 0 Å². The molecular formula is C18H24N6O. The minimum absolute atomic E-state index is 0.826. The number of aryl methyl sites for hydroxylation is 2. The third-order valence-corrected chi connectivity index (χ3v) is 4.54. The van der Waals surface area contributed by atoms with Crippen molar-refractivity contribution in [3.63, 3.8) is 0 Å². The summed E-state index contributed by atoms with van der Waals surface area (Å²) >= 11 is 0. The molecule has 25 heavy (non-hydrogen) atoms. The van der Waals surface area contributed by atoms with Gasteiger partial charge in [0.15, 0.2) is 0 Å². The maximum absolute atomic E-state index is 5.41. The molecule has 4 rings (SSSR count). The lowest BCUT2D eigenvalue weighted by Gasteiger charge is -2.26. The highest BCUT2D eigenvalue weighted by molar-refractivity contribution is 5.74. The second kappa shape index (κ2) is 6.85. The number of imidazole rings is 2. The number of fused-ring (bicyclic) bond motifs is 1. The Balaban J connectivity index is 1.61. The fraction of sp³-hybridized carbons (Fsp3) is 0.444. The standard InChI is InChI=1S/C18H24N6O/c1-13-3-4-16-22-17(15-11-20-14(2)21-15)18(24(16)12-13)19-5-6-23-7-9-25-10-8-23/h3-4,11-12,19H,5-10H2,1-2H3,(H,20,21). The fourth-order valence-electron chi connectivity index (χ4n) is 3.19. The van der Waals surface area contributed by atoms with Crippen LogP contribution >= 0.6 is 0 Å². The number of nitrogens with zero attached hydrogens (tertiary/aromatic N) is 4. The van der Waals surface area contributed by atoms with E-state index in [0.29, 0.717) is 0 Å². The molecule has 0 aliphatic carbocycles. The van der Waals surface area contributed by atoms with Crippen LogP contribution in [0.15, 0.2) is 24.5 Å². The first kappa shape index (κ1) is 16.1. The zero-order chi connectivity index (χ0) is 17.2. The molecule has 132 valence electrons. The lowest BCUT2D eigenvalue weighted by atomic mass is 10.3. The number of aromatic nitrogens is 4. The van der Waals surface area contributed by atoms with Gasteiger partial charge >= 0.3 is 0 Å². The van der Waals surface area contributed by atoms with Crippen LogP contribution in [0.4, 0.5) is 5.82 Å². The zero-order valence-corrected chi connectivity index (χ0v) is 14.7. The van der Waals surface area contributed by atoms with Crippen LogP contribution in [0, 0.1) is 13.8 Å². The second-order valence-corrected chi connectivity index (χ2v) is 6.50. The molecule has 0 spiro atoms. The Labute approximate surface area is 147 Å². The molecule has 0 unspecified atom stereocenters. The molecule has 0 amide bonds. The molecular weight excluding hydrogens is 316 g/mol.